The summed E-state index contributed by atoms with van der Waals surface area (Å²) < 4.78 is 7.71. The van der Waals surface area contributed by atoms with Gasteiger partial charge in [0, 0.05) is 25.4 Å². The van der Waals surface area contributed by atoms with Crippen LogP contribution in [0.1, 0.15) is 52.1 Å². The molecule has 1 rings (SSSR count). The molecule has 110 valence electrons. The second-order valence-corrected chi connectivity index (χ2v) is 5.41. The van der Waals surface area contributed by atoms with Crippen molar-refractivity contribution in [3.63, 3.8) is 0 Å². The highest BCUT2D eigenvalue weighted by Gasteiger charge is 2.26. The lowest BCUT2D eigenvalue weighted by atomic mass is 9.95. The molecule has 1 heterocycles. The third kappa shape index (κ3) is 4.62. The molecule has 0 saturated carbocycles. The third-order valence-corrected chi connectivity index (χ3v) is 3.34. The maximum atomic E-state index is 5.70. The van der Waals surface area contributed by atoms with Crippen LogP contribution in [0.5, 0.6) is 0 Å². The minimum absolute atomic E-state index is 0.172. The molecule has 0 aromatic carbocycles. The molecule has 0 bridgehead atoms. The summed E-state index contributed by atoms with van der Waals surface area (Å²) in [6.07, 6.45) is 6.51. The van der Waals surface area contributed by atoms with E-state index in [1.54, 1.807) is 7.11 Å². The fourth-order valence-corrected chi connectivity index (χ4v) is 2.41. The van der Waals surface area contributed by atoms with Gasteiger partial charge in [-0.25, -0.2) is 0 Å². The molecule has 0 fully saturated rings. The lowest BCUT2D eigenvalue weighted by molar-refractivity contribution is 0.0326. The van der Waals surface area contributed by atoms with Crippen LogP contribution in [0.15, 0.2) is 12.4 Å². The van der Waals surface area contributed by atoms with Gasteiger partial charge in [-0.1, -0.05) is 27.7 Å². The molecule has 1 aromatic rings. The molecule has 0 spiro atoms. The molecule has 0 aliphatic heterocycles. The zero-order valence-electron chi connectivity index (χ0n) is 13.0. The van der Waals surface area contributed by atoms with Crippen LogP contribution in [-0.4, -0.2) is 29.5 Å². The highest BCUT2D eigenvalue weighted by Crippen LogP contribution is 2.24. The summed E-state index contributed by atoms with van der Waals surface area (Å²) in [5.41, 5.74) is 1.22. The molecule has 0 aliphatic rings. The number of aryl methyl sites for hydroxylation is 1. The summed E-state index contributed by atoms with van der Waals surface area (Å²) in [6, 6.07) is 0.218. The number of hydrogen-bond donors (Lipinski definition) is 1. The van der Waals surface area contributed by atoms with Gasteiger partial charge < -0.3 is 10.1 Å². The SMILES string of the molecule is CCCNC(c1cnn(CCC)c1)C(OC)C(C)C. The van der Waals surface area contributed by atoms with Crippen LogP contribution < -0.4 is 5.32 Å². The monoisotopic (exact) mass is 267 g/mol. The fraction of sp³-hybridized carbons (Fsp3) is 0.800. The Morgan fingerprint density at radius 3 is 2.58 bits per heavy atom. The van der Waals surface area contributed by atoms with Crippen LogP contribution in [0.3, 0.4) is 0 Å². The van der Waals surface area contributed by atoms with Crippen molar-refractivity contribution in [3.05, 3.63) is 18.0 Å². The molecular formula is C15H29N3O. The van der Waals surface area contributed by atoms with Gasteiger partial charge in [-0.05, 0) is 25.3 Å². The lowest BCUT2D eigenvalue weighted by Gasteiger charge is -2.29. The first-order chi connectivity index (χ1) is 9.13. The van der Waals surface area contributed by atoms with Gasteiger partial charge >= 0.3 is 0 Å². The predicted octanol–water partition coefficient (Wildman–Crippen LogP) is 3.00. The molecule has 4 nitrogen and oxygen atoms in total. The maximum absolute atomic E-state index is 5.70. The van der Waals surface area contributed by atoms with Crippen molar-refractivity contribution in [2.75, 3.05) is 13.7 Å². The van der Waals surface area contributed by atoms with Crippen LogP contribution in [0, 0.1) is 5.92 Å². The van der Waals surface area contributed by atoms with E-state index in [4.69, 9.17) is 4.74 Å². The van der Waals surface area contributed by atoms with E-state index in [0.29, 0.717) is 5.92 Å². The van der Waals surface area contributed by atoms with Crippen molar-refractivity contribution in [2.24, 2.45) is 5.92 Å². The van der Waals surface area contributed by atoms with Gasteiger partial charge in [0.15, 0.2) is 0 Å². The molecule has 0 radical (unpaired) electrons. The van der Waals surface area contributed by atoms with E-state index in [1.165, 1.54) is 5.56 Å². The summed E-state index contributed by atoms with van der Waals surface area (Å²) >= 11 is 0. The first-order valence-corrected chi connectivity index (χ1v) is 7.42. The minimum Gasteiger partial charge on any atom is -0.379 e. The van der Waals surface area contributed by atoms with Gasteiger partial charge in [-0.2, -0.15) is 5.10 Å². The molecule has 1 aromatic heterocycles. The van der Waals surface area contributed by atoms with Crippen molar-refractivity contribution in [3.8, 4) is 0 Å². The van der Waals surface area contributed by atoms with E-state index in [1.807, 2.05) is 10.9 Å². The van der Waals surface area contributed by atoms with Gasteiger partial charge in [0.05, 0.1) is 18.3 Å². The predicted molar refractivity (Wildman–Crippen MR) is 79.2 cm³/mol. The number of rotatable bonds is 9. The van der Waals surface area contributed by atoms with E-state index in [2.05, 4.69) is 44.3 Å². The molecule has 19 heavy (non-hydrogen) atoms. The van der Waals surface area contributed by atoms with E-state index >= 15 is 0 Å². The Labute approximate surface area is 117 Å². The van der Waals surface area contributed by atoms with Crippen molar-refractivity contribution in [1.29, 1.82) is 0 Å². The van der Waals surface area contributed by atoms with Gasteiger partial charge in [-0.3, -0.25) is 4.68 Å². The number of hydrogen-bond acceptors (Lipinski definition) is 3. The van der Waals surface area contributed by atoms with Crippen LogP contribution in [0.25, 0.3) is 0 Å². The van der Waals surface area contributed by atoms with E-state index in [0.717, 1.165) is 25.9 Å². The quantitative estimate of drug-likeness (QED) is 0.747. The Morgan fingerprint density at radius 1 is 1.32 bits per heavy atom. The smallest absolute Gasteiger partial charge is 0.0789 e. The van der Waals surface area contributed by atoms with Crippen LogP contribution in [0.2, 0.25) is 0 Å². The molecule has 2 atom stereocenters. The highest BCUT2D eigenvalue weighted by molar-refractivity contribution is 5.13. The fourth-order valence-electron chi connectivity index (χ4n) is 2.41. The average molecular weight is 267 g/mol. The zero-order chi connectivity index (χ0) is 14.3. The largest absolute Gasteiger partial charge is 0.379 e. The van der Waals surface area contributed by atoms with E-state index < -0.39 is 0 Å². The van der Waals surface area contributed by atoms with Crippen molar-refractivity contribution < 1.29 is 4.74 Å². The summed E-state index contributed by atoms with van der Waals surface area (Å²) in [5.74, 6) is 0.467. The first-order valence-electron chi connectivity index (χ1n) is 7.42. The van der Waals surface area contributed by atoms with Crippen molar-refractivity contribution >= 4 is 0 Å². The minimum atomic E-state index is 0.172. The lowest BCUT2D eigenvalue weighted by Crippen LogP contribution is -2.36. The Kier molecular flexibility index (Phi) is 7.10. The Morgan fingerprint density at radius 2 is 2.05 bits per heavy atom. The summed E-state index contributed by atoms with van der Waals surface area (Å²) in [7, 11) is 1.79. The zero-order valence-corrected chi connectivity index (χ0v) is 13.0. The molecule has 0 saturated heterocycles. The van der Waals surface area contributed by atoms with E-state index in [9.17, 15) is 0 Å². The Bertz CT molecular complexity index is 349. The third-order valence-electron chi connectivity index (χ3n) is 3.34. The second-order valence-electron chi connectivity index (χ2n) is 5.41. The number of nitrogens with zero attached hydrogens (tertiary/aromatic N) is 2. The summed E-state index contributed by atoms with van der Waals surface area (Å²) in [4.78, 5) is 0. The summed E-state index contributed by atoms with van der Waals surface area (Å²) in [5, 5.41) is 8.03. The standard InChI is InChI=1S/C15H29N3O/c1-6-8-16-14(15(19-5)12(3)4)13-10-17-18(11-13)9-7-2/h10-12,14-16H,6-9H2,1-5H3. The summed E-state index contributed by atoms with van der Waals surface area (Å²) in [6.45, 7) is 10.7. The first kappa shape index (κ1) is 16.2. The number of ether oxygens (including phenoxy) is 1. The topological polar surface area (TPSA) is 39.1 Å². The number of nitrogens with one attached hydrogen (secondary N) is 1. The Balaban J connectivity index is 2.87. The second kappa shape index (κ2) is 8.33. The van der Waals surface area contributed by atoms with Crippen molar-refractivity contribution in [1.82, 2.24) is 15.1 Å². The molecule has 0 aliphatic carbocycles. The van der Waals surface area contributed by atoms with Crippen LogP contribution >= 0.6 is 0 Å². The normalized spacial score (nSPS) is 14.8. The van der Waals surface area contributed by atoms with Gasteiger partial charge in [-0.15, -0.1) is 0 Å². The van der Waals surface area contributed by atoms with E-state index in [-0.39, 0.29) is 12.1 Å². The van der Waals surface area contributed by atoms with Gasteiger partial charge in [0.1, 0.15) is 0 Å². The molecular weight excluding hydrogens is 238 g/mol. The maximum Gasteiger partial charge on any atom is 0.0789 e. The van der Waals surface area contributed by atoms with Gasteiger partial charge in [0.25, 0.3) is 0 Å². The molecule has 1 N–H and O–H groups in total. The number of methoxy groups -OCH3 is 1. The van der Waals surface area contributed by atoms with Crippen LogP contribution in [0.4, 0.5) is 0 Å². The molecule has 0 amide bonds. The average Bonchev–Trinajstić information content (AvgIpc) is 2.82. The van der Waals surface area contributed by atoms with Crippen molar-refractivity contribution in [2.45, 2.75) is 59.2 Å². The van der Waals surface area contributed by atoms with Gasteiger partial charge in [0.2, 0.25) is 0 Å². The van der Waals surface area contributed by atoms with Crippen LogP contribution in [-0.2, 0) is 11.3 Å². The Hall–Kier alpha value is -0.870. The molecule has 2 unspecified atom stereocenters. The highest BCUT2D eigenvalue weighted by atomic mass is 16.5. The molecule has 4 heteroatoms. The number of aromatic nitrogens is 2.